The van der Waals surface area contributed by atoms with Crippen molar-refractivity contribution in [3.63, 3.8) is 0 Å². The van der Waals surface area contributed by atoms with Gasteiger partial charge in [-0.1, -0.05) is 31.2 Å². The van der Waals surface area contributed by atoms with Crippen molar-refractivity contribution in [2.45, 2.75) is 33.1 Å². The first-order valence-corrected chi connectivity index (χ1v) is 9.18. The van der Waals surface area contributed by atoms with Crippen LogP contribution in [0.4, 0.5) is 0 Å². The quantitative estimate of drug-likeness (QED) is 0.458. The van der Waals surface area contributed by atoms with Gasteiger partial charge in [0.05, 0.1) is 11.1 Å². The highest BCUT2D eigenvalue weighted by molar-refractivity contribution is 7.18. The lowest BCUT2D eigenvalue weighted by molar-refractivity contribution is 0.509. The van der Waals surface area contributed by atoms with Crippen molar-refractivity contribution in [1.29, 1.82) is 0 Å². The molecule has 3 heterocycles. The van der Waals surface area contributed by atoms with Crippen molar-refractivity contribution in [3.8, 4) is 0 Å². The first kappa shape index (κ1) is 14.1. The molecule has 120 valence electrons. The molecule has 24 heavy (non-hydrogen) atoms. The standard InChI is InChI=1S/C19H17N3OS/c1-10-7-8-14-15(9-10)24-18-16(14)19(23)22-17(20-18)13-6-4-3-5-12(13)11(2)21-22/h3-6,10H,7-9H2,1-2H3/t10-/m1/s1. The predicted molar refractivity (Wildman–Crippen MR) is 98.1 cm³/mol. The average Bonchev–Trinajstić information content (AvgIpc) is 2.94. The third kappa shape index (κ3) is 1.82. The minimum atomic E-state index is -0.0177. The maximum atomic E-state index is 13.2. The summed E-state index contributed by atoms with van der Waals surface area (Å²) in [7, 11) is 0. The Morgan fingerprint density at radius 1 is 1.25 bits per heavy atom. The molecular weight excluding hydrogens is 318 g/mol. The Kier molecular flexibility index (Phi) is 2.86. The third-order valence-electron chi connectivity index (χ3n) is 5.12. The van der Waals surface area contributed by atoms with Gasteiger partial charge in [-0.25, -0.2) is 4.98 Å². The van der Waals surface area contributed by atoms with Crippen LogP contribution in [0, 0.1) is 12.8 Å². The van der Waals surface area contributed by atoms with E-state index < -0.39 is 0 Å². The van der Waals surface area contributed by atoms with Crippen LogP contribution in [0.3, 0.4) is 0 Å². The van der Waals surface area contributed by atoms with Gasteiger partial charge in [-0.2, -0.15) is 9.61 Å². The fourth-order valence-electron chi connectivity index (χ4n) is 3.85. The fourth-order valence-corrected chi connectivity index (χ4v) is 5.22. The number of hydrogen-bond donors (Lipinski definition) is 0. The number of nitrogens with zero attached hydrogens (tertiary/aromatic N) is 3. The highest BCUT2D eigenvalue weighted by atomic mass is 32.1. The lowest BCUT2D eigenvalue weighted by Crippen LogP contribution is -2.20. The zero-order valence-corrected chi connectivity index (χ0v) is 14.5. The van der Waals surface area contributed by atoms with Gasteiger partial charge in [0.15, 0.2) is 5.65 Å². The average molecular weight is 335 g/mol. The van der Waals surface area contributed by atoms with E-state index in [0.717, 1.165) is 45.9 Å². The summed E-state index contributed by atoms with van der Waals surface area (Å²) in [5.41, 5.74) is 2.72. The summed E-state index contributed by atoms with van der Waals surface area (Å²) in [6.07, 6.45) is 3.18. The van der Waals surface area contributed by atoms with E-state index in [1.54, 1.807) is 11.3 Å². The molecule has 0 saturated heterocycles. The number of rotatable bonds is 0. The summed E-state index contributed by atoms with van der Waals surface area (Å²) in [5.74, 6) is 0.684. The Hall–Kier alpha value is -2.27. The van der Waals surface area contributed by atoms with E-state index >= 15 is 0 Å². The molecule has 0 radical (unpaired) electrons. The molecular formula is C19H17N3OS. The number of aromatic nitrogens is 3. The second-order valence-corrected chi connectivity index (χ2v) is 7.90. The third-order valence-corrected chi connectivity index (χ3v) is 6.26. The SMILES string of the molecule is Cc1nn2c(=O)c3c4c(sc3nc2c2ccccc12)C[C@H](C)CC4. The Bertz CT molecular complexity index is 1190. The number of fused-ring (bicyclic) bond motifs is 6. The van der Waals surface area contributed by atoms with Gasteiger partial charge >= 0.3 is 0 Å². The Balaban J connectivity index is 1.98. The molecule has 1 aliphatic rings. The maximum Gasteiger partial charge on any atom is 0.283 e. The molecule has 0 saturated carbocycles. The van der Waals surface area contributed by atoms with E-state index in [4.69, 9.17) is 4.98 Å². The van der Waals surface area contributed by atoms with Gasteiger partial charge in [-0.05, 0) is 37.7 Å². The van der Waals surface area contributed by atoms with Crippen LogP contribution in [0.25, 0.3) is 26.6 Å². The number of thiophene rings is 1. The van der Waals surface area contributed by atoms with Crippen molar-refractivity contribution in [2.75, 3.05) is 0 Å². The van der Waals surface area contributed by atoms with E-state index in [1.807, 2.05) is 31.2 Å². The zero-order valence-electron chi connectivity index (χ0n) is 13.7. The molecule has 1 atom stereocenters. The summed E-state index contributed by atoms with van der Waals surface area (Å²) in [5, 5.41) is 7.38. The van der Waals surface area contributed by atoms with Crippen molar-refractivity contribution in [2.24, 2.45) is 5.92 Å². The largest absolute Gasteiger partial charge is 0.283 e. The molecule has 5 heteroatoms. The number of benzene rings is 1. The van der Waals surface area contributed by atoms with E-state index in [9.17, 15) is 4.79 Å². The normalized spacial score (nSPS) is 17.7. The maximum absolute atomic E-state index is 13.2. The molecule has 4 nitrogen and oxygen atoms in total. The second-order valence-electron chi connectivity index (χ2n) is 6.82. The number of aryl methyl sites for hydroxylation is 2. The van der Waals surface area contributed by atoms with Crippen molar-refractivity contribution in [3.05, 3.63) is 50.8 Å². The monoisotopic (exact) mass is 335 g/mol. The van der Waals surface area contributed by atoms with Crippen LogP contribution in [-0.4, -0.2) is 14.6 Å². The lowest BCUT2D eigenvalue weighted by atomic mass is 9.89. The van der Waals surface area contributed by atoms with Crippen LogP contribution < -0.4 is 5.56 Å². The van der Waals surface area contributed by atoms with Crippen LogP contribution in [0.2, 0.25) is 0 Å². The first-order valence-electron chi connectivity index (χ1n) is 8.36. The molecule has 3 aromatic heterocycles. The molecule has 0 aliphatic heterocycles. The molecule has 4 aromatic rings. The van der Waals surface area contributed by atoms with Crippen LogP contribution in [0.15, 0.2) is 29.1 Å². The summed E-state index contributed by atoms with van der Waals surface area (Å²) in [4.78, 5) is 20.2. The van der Waals surface area contributed by atoms with Gasteiger partial charge in [-0.3, -0.25) is 4.79 Å². The summed E-state index contributed by atoms with van der Waals surface area (Å²) >= 11 is 1.69. The molecule has 0 fully saturated rings. The molecule has 1 aromatic carbocycles. The minimum absolute atomic E-state index is 0.0177. The molecule has 0 spiro atoms. The van der Waals surface area contributed by atoms with Gasteiger partial charge in [0.2, 0.25) is 0 Å². The van der Waals surface area contributed by atoms with Gasteiger partial charge in [0.1, 0.15) is 4.83 Å². The van der Waals surface area contributed by atoms with Crippen molar-refractivity contribution < 1.29 is 0 Å². The molecule has 0 bridgehead atoms. The van der Waals surface area contributed by atoms with Gasteiger partial charge in [0, 0.05) is 15.6 Å². The van der Waals surface area contributed by atoms with E-state index in [0.29, 0.717) is 11.6 Å². The smallest absolute Gasteiger partial charge is 0.267 e. The van der Waals surface area contributed by atoms with Crippen LogP contribution in [0.1, 0.15) is 29.5 Å². The molecule has 0 N–H and O–H groups in total. The van der Waals surface area contributed by atoms with E-state index in [2.05, 4.69) is 12.0 Å². The van der Waals surface area contributed by atoms with Crippen LogP contribution in [-0.2, 0) is 12.8 Å². The highest BCUT2D eigenvalue weighted by Crippen LogP contribution is 2.36. The highest BCUT2D eigenvalue weighted by Gasteiger charge is 2.24. The zero-order chi connectivity index (χ0) is 16.4. The molecule has 0 unspecified atom stereocenters. The topological polar surface area (TPSA) is 47.3 Å². The summed E-state index contributed by atoms with van der Waals surface area (Å²) in [6, 6.07) is 8.04. The summed E-state index contributed by atoms with van der Waals surface area (Å²) in [6.45, 7) is 4.23. The van der Waals surface area contributed by atoms with Gasteiger partial charge < -0.3 is 0 Å². The summed E-state index contributed by atoms with van der Waals surface area (Å²) < 4.78 is 1.50. The Morgan fingerprint density at radius 3 is 2.88 bits per heavy atom. The minimum Gasteiger partial charge on any atom is -0.267 e. The van der Waals surface area contributed by atoms with E-state index in [1.165, 1.54) is 15.0 Å². The van der Waals surface area contributed by atoms with Crippen LogP contribution >= 0.6 is 11.3 Å². The van der Waals surface area contributed by atoms with Gasteiger partial charge in [0.25, 0.3) is 5.56 Å². The Labute approximate surface area is 142 Å². The molecule has 5 rings (SSSR count). The number of hydrogen-bond acceptors (Lipinski definition) is 4. The molecule has 0 amide bonds. The lowest BCUT2D eigenvalue weighted by Gasteiger charge is -2.17. The van der Waals surface area contributed by atoms with Crippen LogP contribution in [0.5, 0.6) is 0 Å². The Morgan fingerprint density at radius 2 is 2.04 bits per heavy atom. The fraction of sp³-hybridized carbons (Fsp3) is 0.316. The van der Waals surface area contributed by atoms with E-state index in [-0.39, 0.29) is 5.56 Å². The second kappa shape index (κ2) is 4.86. The van der Waals surface area contributed by atoms with Crippen molar-refractivity contribution >= 4 is 38.0 Å². The first-order chi connectivity index (χ1) is 11.6. The molecule has 1 aliphatic carbocycles. The van der Waals surface area contributed by atoms with Crippen molar-refractivity contribution in [1.82, 2.24) is 14.6 Å². The van der Waals surface area contributed by atoms with Gasteiger partial charge in [-0.15, -0.1) is 11.3 Å². The predicted octanol–water partition coefficient (Wildman–Crippen LogP) is 3.89.